The van der Waals surface area contributed by atoms with Gasteiger partial charge in [0.05, 0.1) is 0 Å². The van der Waals surface area contributed by atoms with Crippen LogP contribution in [0.4, 0.5) is 10.1 Å². The van der Waals surface area contributed by atoms with E-state index in [-0.39, 0.29) is 18.3 Å². The summed E-state index contributed by atoms with van der Waals surface area (Å²) in [5.74, 6) is -1.01. The zero-order valence-electron chi connectivity index (χ0n) is 14.4. The lowest BCUT2D eigenvalue weighted by molar-refractivity contribution is -0.153. The summed E-state index contributed by atoms with van der Waals surface area (Å²) in [5.41, 5.74) is 0.968. The van der Waals surface area contributed by atoms with Crippen molar-refractivity contribution in [3.63, 3.8) is 0 Å². The third kappa shape index (κ3) is 5.56. The number of rotatable bonds is 7. The summed E-state index contributed by atoms with van der Waals surface area (Å²) in [5, 5.41) is 2.55. The number of nitrogens with zero attached hydrogens (tertiary/aromatic N) is 2. The maximum Gasteiger partial charge on any atom is 0.323 e. The second-order valence-corrected chi connectivity index (χ2v) is 5.88. The van der Waals surface area contributed by atoms with Crippen molar-refractivity contribution in [3.8, 4) is 0 Å². The zero-order chi connectivity index (χ0) is 18.2. The van der Waals surface area contributed by atoms with Gasteiger partial charge in [0.15, 0.2) is 6.61 Å². The summed E-state index contributed by atoms with van der Waals surface area (Å²) in [7, 11) is 0. The predicted octanol–water partition coefficient (Wildman–Crippen LogP) is 1.18. The number of benzene rings is 1. The number of hydrogen-bond donors (Lipinski definition) is 1. The first kappa shape index (κ1) is 18.9. The lowest BCUT2D eigenvalue weighted by Crippen LogP contribution is -2.52. The van der Waals surface area contributed by atoms with Gasteiger partial charge in [-0.15, -0.1) is 6.58 Å². The molecular weight excluding hydrogens is 325 g/mol. The molecule has 1 aromatic carbocycles. The summed E-state index contributed by atoms with van der Waals surface area (Å²) < 4.78 is 18.1. The fourth-order valence-electron chi connectivity index (χ4n) is 2.66. The number of ether oxygens (including phenoxy) is 1. The fourth-order valence-corrected chi connectivity index (χ4v) is 2.66. The van der Waals surface area contributed by atoms with Gasteiger partial charge in [0, 0.05) is 38.4 Å². The molecule has 1 amide bonds. The quantitative estimate of drug-likeness (QED) is 0.592. The Balaban J connectivity index is 1.77. The molecule has 0 bridgehead atoms. The molecule has 1 aliphatic heterocycles. The van der Waals surface area contributed by atoms with E-state index in [1.807, 2.05) is 4.90 Å². The number of amides is 1. The molecule has 1 heterocycles. The lowest BCUT2D eigenvalue weighted by Gasteiger charge is -2.38. The number of halogens is 1. The standard InChI is InChI=1S/C18H24FN3O3/c1-3-8-20-17(23)13-25-18(24)14(2)21-9-11-22(12-10-21)16-6-4-15(19)5-7-16/h3-7,14H,1,8-13H2,2H3,(H,20,23)/t14-/m0/s1. The smallest absolute Gasteiger partial charge is 0.323 e. The van der Waals surface area contributed by atoms with E-state index in [9.17, 15) is 14.0 Å². The highest BCUT2D eigenvalue weighted by Gasteiger charge is 2.27. The first-order valence-electron chi connectivity index (χ1n) is 8.30. The topological polar surface area (TPSA) is 61.9 Å². The SMILES string of the molecule is C=CCNC(=O)COC(=O)[C@H](C)N1CCN(c2ccc(F)cc2)CC1. The van der Waals surface area contributed by atoms with Crippen LogP contribution in [0.2, 0.25) is 0 Å². The molecule has 1 N–H and O–H groups in total. The first-order chi connectivity index (χ1) is 12.0. The molecule has 2 rings (SSSR count). The van der Waals surface area contributed by atoms with E-state index in [0.29, 0.717) is 19.6 Å². The maximum atomic E-state index is 13.0. The Morgan fingerprint density at radius 2 is 1.92 bits per heavy atom. The molecule has 136 valence electrons. The second-order valence-electron chi connectivity index (χ2n) is 5.88. The molecule has 0 spiro atoms. The van der Waals surface area contributed by atoms with Gasteiger partial charge in [-0.05, 0) is 31.2 Å². The van der Waals surface area contributed by atoms with Crippen LogP contribution in [0.1, 0.15) is 6.92 Å². The average Bonchev–Trinajstić information content (AvgIpc) is 2.64. The molecule has 0 unspecified atom stereocenters. The van der Waals surface area contributed by atoms with Gasteiger partial charge < -0.3 is 15.0 Å². The molecule has 1 aromatic rings. The molecule has 0 saturated carbocycles. The van der Waals surface area contributed by atoms with Crippen LogP contribution in [0.5, 0.6) is 0 Å². The van der Waals surface area contributed by atoms with Crippen molar-refractivity contribution in [2.45, 2.75) is 13.0 Å². The summed E-state index contributed by atoms with van der Waals surface area (Å²) in [4.78, 5) is 27.7. The lowest BCUT2D eigenvalue weighted by atomic mass is 10.2. The molecule has 0 aliphatic carbocycles. The third-order valence-electron chi connectivity index (χ3n) is 4.18. The fraction of sp³-hybridized carbons (Fsp3) is 0.444. The molecule has 1 aliphatic rings. The van der Waals surface area contributed by atoms with Gasteiger partial charge in [-0.25, -0.2) is 4.39 Å². The van der Waals surface area contributed by atoms with Crippen LogP contribution in [0, 0.1) is 5.82 Å². The monoisotopic (exact) mass is 349 g/mol. The molecule has 0 aromatic heterocycles. The van der Waals surface area contributed by atoms with E-state index in [0.717, 1.165) is 18.8 Å². The number of carbonyl (C=O) groups excluding carboxylic acids is 2. The number of piperazine rings is 1. The minimum Gasteiger partial charge on any atom is -0.454 e. The van der Waals surface area contributed by atoms with Gasteiger partial charge in [0.1, 0.15) is 11.9 Å². The number of hydrogen-bond acceptors (Lipinski definition) is 5. The second kappa shape index (κ2) is 9.17. The van der Waals surface area contributed by atoms with Crippen molar-refractivity contribution in [2.24, 2.45) is 0 Å². The highest BCUT2D eigenvalue weighted by Crippen LogP contribution is 2.18. The van der Waals surface area contributed by atoms with Crippen LogP contribution < -0.4 is 10.2 Å². The van der Waals surface area contributed by atoms with E-state index in [1.165, 1.54) is 12.1 Å². The third-order valence-corrected chi connectivity index (χ3v) is 4.18. The Morgan fingerprint density at radius 1 is 1.28 bits per heavy atom. The molecule has 1 saturated heterocycles. The average molecular weight is 349 g/mol. The Bertz CT molecular complexity index is 598. The summed E-state index contributed by atoms with van der Waals surface area (Å²) in [6, 6.07) is 5.98. The van der Waals surface area contributed by atoms with E-state index < -0.39 is 12.0 Å². The Kier molecular flexibility index (Phi) is 6.94. The summed E-state index contributed by atoms with van der Waals surface area (Å²) in [6.07, 6.45) is 1.56. The van der Waals surface area contributed by atoms with Crippen LogP contribution in [0.3, 0.4) is 0 Å². The highest BCUT2D eigenvalue weighted by atomic mass is 19.1. The number of carbonyl (C=O) groups is 2. The van der Waals surface area contributed by atoms with Crippen LogP contribution in [-0.2, 0) is 14.3 Å². The van der Waals surface area contributed by atoms with Gasteiger partial charge in [0.2, 0.25) is 0 Å². The Hall–Kier alpha value is -2.41. The van der Waals surface area contributed by atoms with Crippen LogP contribution >= 0.6 is 0 Å². The zero-order valence-corrected chi connectivity index (χ0v) is 14.4. The molecule has 1 atom stereocenters. The number of anilines is 1. The Labute approximate surface area is 147 Å². The van der Waals surface area contributed by atoms with Crippen LogP contribution in [0.25, 0.3) is 0 Å². The molecule has 25 heavy (non-hydrogen) atoms. The minimum atomic E-state index is -0.414. The van der Waals surface area contributed by atoms with Crippen molar-refractivity contribution >= 4 is 17.6 Å². The molecule has 6 nitrogen and oxygen atoms in total. The summed E-state index contributed by atoms with van der Waals surface area (Å²) in [6.45, 7) is 8.19. The van der Waals surface area contributed by atoms with Crippen molar-refractivity contribution in [1.82, 2.24) is 10.2 Å². The summed E-state index contributed by atoms with van der Waals surface area (Å²) >= 11 is 0. The van der Waals surface area contributed by atoms with E-state index in [2.05, 4.69) is 16.8 Å². The minimum absolute atomic E-state index is 0.254. The molecule has 0 radical (unpaired) electrons. The van der Waals surface area contributed by atoms with Crippen molar-refractivity contribution < 1.29 is 18.7 Å². The first-order valence-corrected chi connectivity index (χ1v) is 8.30. The largest absolute Gasteiger partial charge is 0.454 e. The van der Waals surface area contributed by atoms with Gasteiger partial charge in [-0.1, -0.05) is 6.08 Å². The molecule has 7 heteroatoms. The van der Waals surface area contributed by atoms with Gasteiger partial charge in [-0.2, -0.15) is 0 Å². The van der Waals surface area contributed by atoms with E-state index >= 15 is 0 Å². The van der Waals surface area contributed by atoms with Gasteiger partial charge in [0.25, 0.3) is 5.91 Å². The van der Waals surface area contributed by atoms with E-state index in [1.54, 1.807) is 25.1 Å². The van der Waals surface area contributed by atoms with Gasteiger partial charge in [-0.3, -0.25) is 14.5 Å². The highest BCUT2D eigenvalue weighted by molar-refractivity contribution is 5.82. The Morgan fingerprint density at radius 3 is 2.52 bits per heavy atom. The predicted molar refractivity (Wildman–Crippen MR) is 93.8 cm³/mol. The van der Waals surface area contributed by atoms with Gasteiger partial charge >= 0.3 is 5.97 Å². The normalized spacial score (nSPS) is 16.2. The van der Waals surface area contributed by atoms with Crippen LogP contribution in [0.15, 0.2) is 36.9 Å². The maximum absolute atomic E-state index is 13.0. The van der Waals surface area contributed by atoms with Crippen molar-refractivity contribution in [2.75, 3.05) is 44.2 Å². The van der Waals surface area contributed by atoms with Crippen LogP contribution in [-0.4, -0.2) is 62.1 Å². The molecule has 1 fully saturated rings. The van der Waals surface area contributed by atoms with E-state index in [4.69, 9.17) is 4.74 Å². The number of nitrogens with one attached hydrogen (secondary N) is 1. The van der Waals surface area contributed by atoms with Crippen molar-refractivity contribution in [3.05, 3.63) is 42.7 Å². The van der Waals surface area contributed by atoms with Crippen molar-refractivity contribution in [1.29, 1.82) is 0 Å². The number of esters is 1. The molecular formula is C18H24FN3O3.